The number of nitrogens with zero attached hydrogens (tertiary/aromatic N) is 2. The number of aromatic nitrogens is 2. The summed E-state index contributed by atoms with van der Waals surface area (Å²) in [4.78, 5) is 12.2. The molecule has 27 heavy (non-hydrogen) atoms. The number of carbonyl (C=O) groups excluding carboxylic acids is 1. The van der Waals surface area contributed by atoms with E-state index in [4.69, 9.17) is 0 Å². The quantitative estimate of drug-likeness (QED) is 0.697. The molecule has 2 N–H and O–H groups in total. The highest BCUT2D eigenvalue weighted by molar-refractivity contribution is 5.74. The first-order valence-electron chi connectivity index (χ1n) is 8.81. The Labute approximate surface area is 158 Å². The lowest BCUT2D eigenvalue weighted by Crippen LogP contribution is -2.42. The van der Waals surface area contributed by atoms with E-state index in [0.29, 0.717) is 18.7 Å². The summed E-state index contributed by atoms with van der Waals surface area (Å²) >= 11 is 0. The van der Waals surface area contributed by atoms with E-state index in [-0.39, 0.29) is 11.8 Å². The molecule has 140 valence electrons. The molecule has 2 amide bonds. The summed E-state index contributed by atoms with van der Waals surface area (Å²) in [5, 5.41) is 9.86. The van der Waals surface area contributed by atoms with Gasteiger partial charge in [0, 0.05) is 30.9 Å². The van der Waals surface area contributed by atoms with Gasteiger partial charge >= 0.3 is 6.03 Å². The first-order valence-corrected chi connectivity index (χ1v) is 8.81. The minimum absolute atomic E-state index is 0.264. The zero-order chi connectivity index (χ0) is 19.3. The van der Waals surface area contributed by atoms with Crippen LogP contribution in [0.3, 0.4) is 0 Å². The molecule has 3 rings (SSSR count). The average molecular weight is 366 g/mol. The van der Waals surface area contributed by atoms with Gasteiger partial charge in [0.1, 0.15) is 5.82 Å². The van der Waals surface area contributed by atoms with E-state index in [1.54, 1.807) is 29.1 Å². The summed E-state index contributed by atoms with van der Waals surface area (Å²) in [6.07, 6.45) is 3.58. The Morgan fingerprint density at radius 3 is 2.67 bits per heavy atom. The third-order valence-corrected chi connectivity index (χ3v) is 4.43. The van der Waals surface area contributed by atoms with Gasteiger partial charge in [0.05, 0.1) is 5.69 Å². The van der Waals surface area contributed by atoms with E-state index in [0.717, 1.165) is 11.3 Å². The highest BCUT2D eigenvalue weighted by atomic mass is 19.1. The van der Waals surface area contributed by atoms with Crippen molar-refractivity contribution in [1.82, 2.24) is 20.4 Å². The molecule has 1 heterocycles. The third-order valence-electron chi connectivity index (χ3n) is 4.43. The van der Waals surface area contributed by atoms with Gasteiger partial charge in [-0.1, -0.05) is 44.2 Å². The summed E-state index contributed by atoms with van der Waals surface area (Å²) in [5.41, 5.74) is 1.96. The van der Waals surface area contributed by atoms with Crippen LogP contribution < -0.4 is 10.6 Å². The number of nitrogens with one attached hydrogen (secondary N) is 2. The second kappa shape index (κ2) is 8.03. The second-order valence-electron chi connectivity index (χ2n) is 7.02. The third kappa shape index (κ3) is 4.73. The number of carbonyl (C=O) groups is 1. The van der Waals surface area contributed by atoms with Crippen molar-refractivity contribution in [3.05, 3.63) is 83.9 Å². The molecule has 0 saturated carbocycles. The molecule has 0 spiro atoms. The molecular weight excluding hydrogens is 343 g/mol. The second-order valence-corrected chi connectivity index (χ2v) is 7.02. The highest BCUT2D eigenvalue weighted by Gasteiger charge is 2.24. The van der Waals surface area contributed by atoms with E-state index in [9.17, 15) is 9.18 Å². The number of amides is 2. The van der Waals surface area contributed by atoms with Crippen LogP contribution in [0.5, 0.6) is 0 Å². The topological polar surface area (TPSA) is 59.0 Å². The molecule has 0 bridgehead atoms. The van der Waals surface area contributed by atoms with Crippen molar-refractivity contribution in [1.29, 1.82) is 0 Å². The monoisotopic (exact) mass is 366 g/mol. The van der Waals surface area contributed by atoms with Crippen LogP contribution in [0, 0.1) is 5.82 Å². The zero-order valence-corrected chi connectivity index (χ0v) is 15.4. The van der Waals surface area contributed by atoms with E-state index >= 15 is 0 Å². The molecule has 0 radical (unpaired) electrons. The van der Waals surface area contributed by atoms with Gasteiger partial charge in [-0.05, 0) is 35.4 Å². The molecular formula is C21H23FN4O. The standard InChI is InChI=1S/C21H23FN4O/c1-21(2,18-9-3-4-10-19(18)22)15-24-20(27)23-14-16-7-5-8-17(13-16)26-12-6-11-25-26/h3-13H,14-15H2,1-2H3,(H2,23,24,27). The maximum Gasteiger partial charge on any atom is 0.315 e. The normalized spacial score (nSPS) is 11.2. The first kappa shape index (κ1) is 18.6. The highest BCUT2D eigenvalue weighted by Crippen LogP contribution is 2.24. The van der Waals surface area contributed by atoms with Gasteiger partial charge in [-0.25, -0.2) is 13.9 Å². The van der Waals surface area contributed by atoms with Crippen LogP contribution in [0.1, 0.15) is 25.0 Å². The van der Waals surface area contributed by atoms with Crippen molar-refractivity contribution in [3.63, 3.8) is 0 Å². The Bertz CT molecular complexity index is 906. The molecule has 6 heteroatoms. The molecule has 0 saturated heterocycles. The first-order chi connectivity index (χ1) is 13.0. The minimum Gasteiger partial charge on any atom is -0.337 e. The van der Waals surface area contributed by atoms with Crippen molar-refractivity contribution in [2.24, 2.45) is 0 Å². The molecule has 0 aliphatic carbocycles. The molecule has 2 aromatic carbocycles. The van der Waals surface area contributed by atoms with Crippen LogP contribution in [0.15, 0.2) is 67.0 Å². The zero-order valence-electron chi connectivity index (χ0n) is 15.4. The number of halogens is 1. The smallest absolute Gasteiger partial charge is 0.315 e. The Balaban J connectivity index is 1.54. The Hall–Kier alpha value is -3.15. The predicted molar refractivity (Wildman–Crippen MR) is 103 cm³/mol. The lowest BCUT2D eigenvalue weighted by Gasteiger charge is -2.26. The van der Waals surface area contributed by atoms with Gasteiger partial charge in [-0.15, -0.1) is 0 Å². The minimum atomic E-state index is -0.511. The van der Waals surface area contributed by atoms with Crippen LogP contribution in [0.2, 0.25) is 0 Å². The fourth-order valence-electron chi connectivity index (χ4n) is 2.88. The number of rotatable bonds is 6. The van der Waals surface area contributed by atoms with Crippen molar-refractivity contribution >= 4 is 6.03 Å². The molecule has 0 fully saturated rings. The fourth-order valence-corrected chi connectivity index (χ4v) is 2.88. The average Bonchev–Trinajstić information content (AvgIpc) is 3.20. The number of hydrogen-bond donors (Lipinski definition) is 2. The molecule has 0 aliphatic heterocycles. The van der Waals surface area contributed by atoms with Gasteiger partial charge in [0.15, 0.2) is 0 Å². The van der Waals surface area contributed by atoms with Gasteiger partial charge in [-0.2, -0.15) is 5.10 Å². The van der Waals surface area contributed by atoms with Crippen molar-refractivity contribution in [3.8, 4) is 5.69 Å². The lowest BCUT2D eigenvalue weighted by molar-refractivity contribution is 0.238. The predicted octanol–water partition coefficient (Wildman–Crippen LogP) is 3.79. The maximum atomic E-state index is 14.0. The van der Waals surface area contributed by atoms with E-state index in [2.05, 4.69) is 15.7 Å². The molecule has 0 unspecified atom stereocenters. The van der Waals surface area contributed by atoms with E-state index in [1.807, 2.05) is 50.4 Å². The van der Waals surface area contributed by atoms with Crippen molar-refractivity contribution < 1.29 is 9.18 Å². The number of hydrogen-bond acceptors (Lipinski definition) is 2. The van der Waals surface area contributed by atoms with Crippen molar-refractivity contribution in [2.45, 2.75) is 25.8 Å². The molecule has 5 nitrogen and oxygen atoms in total. The fraction of sp³-hybridized carbons (Fsp3) is 0.238. The summed E-state index contributed by atoms with van der Waals surface area (Å²) in [6, 6.07) is 16.0. The Morgan fingerprint density at radius 1 is 1.11 bits per heavy atom. The summed E-state index contributed by atoms with van der Waals surface area (Å²) < 4.78 is 15.8. The van der Waals surface area contributed by atoms with Gasteiger partial charge in [0.2, 0.25) is 0 Å². The maximum absolute atomic E-state index is 14.0. The van der Waals surface area contributed by atoms with Crippen LogP contribution in [0.25, 0.3) is 5.69 Å². The number of benzene rings is 2. The molecule has 3 aromatic rings. The Morgan fingerprint density at radius 2 is 1.93 bits per heavy atom. The summed E-state index contributed by atoms with van der Waals surface area (Å²) in [6.45, 7) is 4.52. The van der Waals surface area contributed by atoms with Crippen LogP contribution >= 0.6 is 0 Å². The lowest BCUT2D eigenvalue weighted by atomic mass is 9.84. The van der Waals surface area contributed by atoms with Crippen LogP contribution in [0.4, 0.5) is 9.18 Å². The van der Waals surface area contributed by atoms with Crippen molar-refractivity contribution in [2.75, 3.05) is 6.54 Å². The van der Waals surface area contributed by atoms with E-state index < -0.39 is 5.41 Å². The molecule has 1 aromatic heterocycles. The van der Waals surface area contributed by atoms with Gasteiger partial charge in [-0.3, -0.25) is 0 Å². The Kier molecular flexibility index (Phi) is 5.54. The van der Waals surface area contributed by atoms with Gasteiger partial charge in [0.25, 0.3) is 0 Å². The van der Waals surface area contributed by atoms with Gasteiger partial charge < -0.3 is 10.6 Å². The molecule has 0 atom stereocenters. The largest absolute Gasteiger partial charge is 0.337 e. The van der Waals surface area contributed by atoms with Crippen LogP contribution in [-0.2, 0) is 12.0 Å². The van der Waals surface area contributed by atoms with Crippen LogP contribution in [-0.4, -0.2) is 22.4 Å². The molecule has 0 aliphatic rings. The summed E-state index contributed by atoms with van der Waals surface area (Å²) in [7, 11) is 0. The SMILES string of the molecule is CC(C)(CNC(=O)NCc1cccc(-n2cccn2)c1)c1ccccc1F. The number of urea groups is 1. The van der Waals surface area contributed by atoms with E-state index in [1.165, 1.54) is 6.07 Å². The summed E-state index contributed by atoms with van der Waals surface area (Å²) in [5.74, 6) is -0.264.